The molecule has 116 valence electrons. The maximum atomic E-state index is 12.5. The van der Waals surface area contributed by atoms with Crippen molar-refractivity contribution in [1.82, 2.24) is 14.9 Å². The average molecular weight is 303 g/mol. The first-order valence-electron chi connectivity index (χ1n) is 7.40. The van der Waals surface area contributed by atoms with Gasteiger partial charge in [-0.3, -0.25) is 14.7 Å². The van der Waals surface area contributed by atoms with E-state index in [1.54, 1.807) is 18.2 Å². The number of nitrogens with zero attached hydrogens (tertiary/aromatic N) is 2. The summed E-state index contributed by atoms with van der Waals surface area (Å²) < 4.78 is 12.5. The highest BCUT2D eigenvalue weighted by Gasteiger charge is 2.47. The molecule has 2 aliphatic rings. The number of aliphatic hydroxyl groups is 1. The number of rotatable bonds is 2. The van der Waals surface area contributed by atoms with Crippen molar-refractivity contribution < 1.29 is 14.6 Å². The third-order valence-electron chi connectivity index (χ3n) is 4.10. The molecule has 4 rings (SSSR count). The van der Waals surface area contributed by atoms with E-state index in [1.165, 1.54) is 10.9 Å². The molecule has 0 saturated carbocycles. The van der Waals surface area contributed by atoms with E-state index in [-0.39, 0.29) is 24.4 Å². The standard InChI is InChI=1S/C15H17N3O4/c19-14-10-4-1-2-5-11(10)17-9-18(14)8-15(20)21-12-6-3-7-16-13(12)22-15/h1-2,4-5,9,12-13,16,20H,3,6-8H2. The lowest BCUT2D eigenvalue weighted by molar-refractivity contribution is -0.324. The van der Waals surface area contributed by atoms with Crippen molar-refractivity contribution in [3.63, 3.8) is 0 Å². The van der Waals surface area contributed by atoms with Crippen LogP contribution >= 0.6 is 0 Å². The van der Waals surface area contributed by atoms with Gasteiger partial charge in [-0.2, -0.15) is 0 Å². The Kier molecular flexibility index (Phi) is 3.23. The minimum Gasteiger partial charge on any atom is -0.342 e. The van der Waals surface area contributed by atoms with Gasteiger partial charge in [-0.05, 0) is 31.5 Å². The number of nitrogens with one attached hydrogen (secondary N) is 1. The summed E-state index contributed by atoms with van der Waals surface area (Å²) in [6, 6.07) is 7.09. The molecule has 7 nitrogen and oxygen atoms in total. The van der Waals surface area contributed by atoms with Gasteiger partial charge in [0.2, 0.25) is 0 Å². The minimum absolute atomic E-state index is 0.113. The highest BCUT2D eigenvalue weighted by atomic mass is 16.9. The molecule has 3 heterocycles. The predicted molar refractivity (Wildman–Crippen MR) is 77.9 cm³/mol. The number of piperidine rings is 1. The second-order valence-electron chi connectivity index (χ2n) is 5.70. The highest BCUT2D eigenvalue weighted by molar-refractivity contribution is 5.76. The largest absolute Gasteiger partial charge is 0.342 e. The van der Waals surface area contributed by atoms with Crippen molar-refractivity contribution in [1.29, 1.82) is 0 Å². The molecule has 2 fully saturated rings. The molecule has 2 aliphatic heterocycles. The maximum Gasteiger partial charge on any atom is 0.301 e. The van der Waals surface area contributed by atoms with Crippen molar-refractivity contribution in [2.45, 2.75) is 37.7 Å². The van der Waals surface area contributed by atoms with E-state index in [2.05, 4.69) is 10.3 Å². The van der Waals surface area contributed by atoms with Gasteiger partial charge in [0.25, 0.3) is 5.56 Å². The number of fused-ring (bicyclic) bond motifs is 2. The zero-order valence-corrected chi connectivity index (χ0v) is 11.9. The molecular weight excluding hydrogens is 286 g/mol. The zero-order valence-electron chi connectivity index (χ0n) is 11.9. The van der Waals surface area contributed by atoms with Crippen LogP contribution in [0.5, 0.6) is 0 Å². The van der Waals surface area contributed by atoms with E-state index in [0.29, 0.717) is 10.9 Å². The molecular formula is C15H17N3O4. The van der Waals surface area contributed by atoms with Crippen molar-refractivity contribution in [2.24, 2.45) is 0 Å². The lowest BCUT2D eigenvalue weighted by atomic mass is 10.1. The highest BCUT2D eigenvalue weighted by Crippen LogP contribution is 2.31. The van der Waals surface area contributed by atoms with Crippen LogP contribution in [0.2, 0.25) is 0 Å². The third-order valence-corrected chi connectivity index (χ3v) is 4.10. The van der Waals surface area contributed by atoms with Crippen molar-refractivity contribution in [2.75, 3.05) is 6.54 Å². The summed E-state index contributed by atoms with van der Waals surface area (Å²) in [7, 11) is 0. The van der Waals surface area contributed by atoms with Crippen LogP contribution in [0, 0.1) is 0 Å². The first-order valence-corrected chi connectivity index (χ1v) is 7.40. The van der Waals surface area contributed by atoms with Gasteiger partial charge in [-0.15, -0.1) is 0 Å². The normalized spacial score (nSPS) is 31.3. The smallest absolute Gasteiger partial charge is 0.301 e. The molecule has 2 saturated heterocycles. The number of ether oxygens (including phenoxy) is 2. The molecule has 0 spiro atoms. The summed E-state index contributed by atoms with van der Waals surface area (Å²) in [6.07, 6.45) is 2.68. The van der Waals surface area contributed by atoms with Gasteiger partial charge in [-0.25, -0.2) is 4.98 Å². The van der Waals surface area contributed by atoms with Gasteiger partial charge < -0.3 is 14.6 Å². The van der Waals surface area contributed by atoms with E-state index in [0.717, 1.165) is 19.4 Å². The molecule has 3 unspecified atom stereocenters. The fraction of sp³-hybridized carbons (Fsp3) is 0.467. The fourth-order valence-electron chi connectivity index (χ4n) is 3.04. The number of aromatic nitrogens is 2. The van der Waals surface area contributed by atoms with Crippen LogP contribution in [0.4, 0.5) is 0 Å². The Labute approximate surface area is 126 Å². The molecule has 3 atom stereocenters. The molecule has 0 aliphatic carbocycles. The molecule has 22 heavy (non-hydrogen) atoms. The molecule has 0 bridgehead atoms. The summed E-state index contributed by atoms with van der Waals surface area (Å²) in [6.45, 7) is 0.719. The van der Waals surface area contributed by atoms with Gasteiger partial charge >= 0.3 is 5.97 Å². The number of para-hydroxylation sites is 1. The Balaban J connectivity index is 1.63. The van der Waals surface area contributed by atoms with Crippen molar-refractivity contribution in [3.8, 4) is 0 Å². The SMILES string of the molecule is O=c1c2ccccc2ncn1CC1(O)OC2CCCNC2O1. The van der Waals surface area contributed by atoms with Gasteiger partial charge in [0.1, 0.15) is 18.9 Å². The maximum absolute atomic E-state index is 12.5. The second kappa shape index (κ2) is 5.13. The van der Waals surface area contributed by atoms with Gasteiger partial charge in [-0.1, -0.05) is 12.1 Å². The third kappa shape index (κ3) is 2.32. The summed E-state index contributed by atoms with van der Waals surface area (Å²) in [5, 5.41) is 14.2. The topological polar surface area (TPSA) is 85.6 Å². The Morgan fingerprint density at radius 2 is 2.27 bits per heavy atom. The molecule has 1 aromatic heterocycles. The van der Waals surface area contributed by atoms with Crippen LogP contribution in [0.3, 0.4) is 0 Å². The Bertz CT molecular complexity index is 746. The summed E-state index contributed by atoms with van der Waals surface area (Å²) in [4.78, 5) is 16.7. The minimum atomic E-state index is -1.80. The van der Waals surface area contributed by atoms with E-state index in [4.69, 9.17) is 9.47 Å². The average Bonchev–Trinajstić information content (AvgIpc) is 2.86. The predicted octanol–water partition coefficient (Wildman–Crippen LogP) is 0.167. The quantitative estimate of drug-likeness (QED) is 0.822. The van der Waals surface area contributed by atoms with Gasteiger partial charge in [0, 0.05) is 0 Å². The van der Waals surface area contributed by atoms with Gasteiger partial charge in [0.15, 0.2) is 0 Å². The first-order chi connectivity index (χ1) is 10.6. The molecule has 2 aromatic rings. The zero-order chi connectivity index (χ0) is 15.2. The molecule has 1 aromatic carbocycles. The van der Waals surface area contributed by atoms with Crippen LogP contribution < -0.4 is 10.9 Å². The first kappa shape index (κ1) is 13.8. The second-order valence-corrected chi connectivity index (χ2v) is 5.70. The molecule has 2 N–H and O–H groups in total. The molecule has 7 heteroatoms. The van der Waals surface area contributed by atoms with E-state index in [1.807, 2.05) is 6.07 Å². The van der Waals surface area contributed by atoms with E-state index in [9.17, 15) is 9.90 Å². The number of benzene rings is 1. The van der Waals surface area contributed by atoms with Crippen molar-refractivity contribution >= 4 is 10.9 Å². The molecule has 0 amide bonds. The van der Waals surface area contributed by atoms with Gasteiger partial charge in [0.05, 0.1) is 17.2 Å². The summed E-state index contributed by atoms with van der Waals surface area (Å²) in [5.74, 6) is -1.80. The van der Waals surface area contributed by atoms with Crippen molar-refractivity contribution in [3.05, 3.63) is 40.9 Å². The van der Waals surface area contributed by atoms with Crippen LogP contribution in [0.15, 0.2) is 35.4 Å². The Morgan fingerprint density at radius 1 is 1.41 bits per heavy atom. The number of hydrogen-bond acceptors (Lipinski definition) is 6. The monoisotopic (exact) mass is 303 g/mol. The Hall–Kier alpha value is -1.80. The fourth-order valence-corrected chi connectivity index (χ4v) is 3.04. The van der Waals surface area contributed by atoms with Crippen LogP contribution in [0.1, 0.15) is 12.8 Å². The lowest BCUT2D eigenvalue weighted by Gasteiger charge is -2.22. The number of hydrogen-bond donors (Lipinski definition) is 2. The Morgan fingerprint density at radius 3 is 3.14 bits per heavy atom. The molecule has 0 radical (unpaired) electrons. The van der Waals surface area contributed by atoms with Crippen LogP contribution in [-0.4, -0.2) is 39.5 Å². The lowest BCUT2D eigenvalue weighted by Crippen LogP contribution is -2.43. The van der Waals surface area contributed by atoms with Crippen LogP contribution in [0.25, 0.3) is 10.9 Å². The van der Waals surface area contributed by atoms with E-state index >= 15 is 0 Å². The summed E-state index contributed by atoms with van der Waals surface area (Å²) in [5.41, 5.74) is 0.397. The summed E-state index contributed by atoms with van der Waals surface area (Å²) >= 11 is 0. The van der Waals surface area contributed by atoms with Crippen LogP contribution in [-0.2, 0) is 16.0 Å². The van der Waals surface area contributed by atoms with E-state index < -0.39 is 5.97 Å².